The third kappa shape index (κ3) is 1.96. The Morgan fingerprint density at radius 3 is 2.93 bits per heavy atom. The Morgan fingerprint density at radius 2 is 2.29 bits per heavy atom. The first kappa shape index (κ1) is 10.4. The van der Waals surface area contributed by atoms with Gasteiger partial charge in [0.05, 0.1) is 5.60 Å². The van der Waals surface area contributed by atoms with Gasteiger partial charge in [-0.2, -0.15) is 0 Å². The number of β-amino-alcohol motifs (C(OH)–C–C–N with tert-alkyl or cyclic N) is 1. The fourth-order valence-electron chi connectivity index (χ4n) is 3.20. The number of rotatable bonds is 2. The molecule has 0 spiro atoms. The van der Waals surface area contributed by atoms with E-state index < -0.39 is 0 Å². The van der Waals surface area contributed by atoms with Crippen LogP contribution in [-0.2, 0) is 0 Å². The molecule has 2 N–H and O–H groups in total. The average molecular weight is 197 g/mol. The predicted molar refractivity (Wildman–Crippen MR) is 58.2 cm³/mol. The molecule has 14 heavy (non-hydrogen) atoms. The highest BCUT2D eigenvalue weighted by Crippen LogP contribution is 2.39. The zero-order valence-electron chi connectivity index (χ0n) is 9.26. The van der Waals surface area contributed by atoms with Crippen LogP contribution in [0.2, 0.25) is 0 Å². The summed E-state index contributed by atoms with van der Waals surface area (Å²) in [5, 5.41) is 13.8. The Bertz CT molecular complexity index is 187. The molecule has 3 atom stereocenters. The van der Waals surface area contributed by atoms with Crippen molar-refractivity contribution >= 4 is 0 Å². The van der Waals surface area contributed by atoms with Crippen molar-refractivity contribution in [3.05, 3.63) is 0 Å². The maximum absolute atomic E-state index is 10.5. The molecule has 1 saturated heterocycles. The van der Waals surface area contributed by atoms with Crippen LogP contribution in [0.5, 0.6) is 0 Å². The van der Waals surface area contributed by atoms with Gasteiger partial charge in [-0.15, -0.1) is 0 Å². The fourth-order valence-corrected chi connectivity index (χ4v) is 3.20. The van der Waals surface area contributed by atoms with Crippen molar-refractivity contribution in [2.24, 2.45) is 11.8 Å². The van der Waals surface area contributed by atoms with Crippen LogP contribution >= 0.6 is 0 Å². The third-order valence-electron chi connectivity index (χ3n) is 4.29. The molecule has 1 heterocycles. The van der Waals surface area contributed by atoms with Gasteiger partial charge in [-0.3, -0.25) is 0 Å². The Hall–Kier alpha value is -0.0800. The van der Waals surface area contributed by atoms with Gasteiger partial charge in [-0.1, -0.05) is 26.2 Å². The van der Waals surface area contributed by atoms with Crippen molar-refractivity contribution < 1.29 is 5.11 Å². The average Bonchev–Trinajstić information content (AvgIpc) is 2.67. The van der Waals surface area contributed by atoms with Crippen LogP contribution in [0.15, 0.2) is 0 Å². The fraction of sp³-hybridized carbons (Fsp3) is 1.00. The summed E-state index contributed by atoms with van der Waals surface area (Å²) in [6.45, 7) is 4.11. The lowest BCUT2D eigenvalue weighted by atomic mass is 9.72. The molecular formula is C12H23NO. The number of hydrogen-bond acceptors (Lipinski definition) is 2. The van der Waals surface area contributed by atoms with Crippen LogP contribution in [-0.4, -0.2) is 23.8 Å². The van der Waals surface area contributed by atoms with Crippen LogP contribution in [0, 0.1) is 11.8 Å². The molecule has 0 amide bonds. The van der Waals surface area contributed by atoms with Crippen LogP contribution in [0.1, 0.15) is 45.4 Å². The summed E-state index contributed by atoms with van der Waals surface area (Å²) in [4.78, 5) is 0. The van der Waals surface area contributed by atoms with Gasteiger partial charge >= 0.3 is 0 Å². The molecule has 2 nitrogen and oxygen atoms in total. The van der Waals surface area contributed by atoms with E-state index in [9.17, 15) is 5.11 Å². The van der Waals surface area contributed by atoms with Gasteiger partial charge in [0.1, 0.15) is 0 Å². The normalized spacial score (nSPS) is 44.1. The van der Waals surface area contributed by atoms with E-state index in [0.29, 0.717) is 5.92 Å². The number of nitrogens with one attached hydrogen (secondary N) is 1. The predicted octanol–water partition coefficient (Wildman–Crippen LogP) is 1.93. The summed E-state index contributed by atoms with van der Waals surface area (Å²) >= 11 is 0. The van der Waals surface area contributed by atoms with Crippen molar-refractivity contribution in [2.75, 3.05) is 13.1 Å². The van der Waals surface area contributed by atoms with Gasteiger partial charge in [0, 0.05) is 6.54 Å². The summed E-state index contributed by atoms with van der Waals surface area (Å²) < 4.78 is 0. The molecule has 3 unspecified atom stereocenters. The maximum Gasteiger partial charge on any atom is 0.0811 e. The third-order valence-corrected chi connectivity index (χ3v) is 4.29. The van der Waals surface area contributed by atoms with Crippen LogP contribution < -0.4 is 5.32 Å². The van der Waals surface area contributed by atoms with Gasteiger partial charge < -0.3 is 10.4 Å². The van der Waals surface area contributed by atoms with Gasteiger partial charge in [0.15, 0.2) is 0 Å². The minimum Gasteiger partial charge on any atom is -0.388 e. The highest BCUT2D eigenvalue weighted by molar-refractivity contribution is 4.95. The van der Waals surface area contributed by atoms with Crippen LogP contribution in [0.25, 0.3) is 0 Å². The lowest BCUT2D eigenvalue weighted by molar-refractivity contribution is -0.0246. The molecule has 1 aliphatic carbocycles. The van der Waals surface area contributed by atoms with E-state index in [4.69, 9.17) is 0 Å². The first-order chi connectivity index (χ1) is 6.74. The molecule has 0 aromatic carbocycles. The zero-order chi connectivity index (χ0) is 10.0. The molecule has 2 fully saturated rings. The molecule has 0 radical (unpaired) electrons. The first-order valence-corrected chi connectivity index (χ1v) is 6.17. The number of aliphatic hydroxyl groups is 1. The Morgan fingerprint density at radius 1 is 1.43 bits per heavy atom. The van der Waals surface area contributed by atoms with E-state index >= 15 is 0 Å². The monoisotopic (exact) mass is 197 g/mol. The van der Waals surface area contributed by atoms with Gasteiger partial charge in [0.2, 0.25) is 0 Å². The summed E-state index contributed by atoms with van der Waals surface area (Å²) in [5.41, 5.74) is -0.367. The highest BCUT2D eigenvalue weighted by Gasteiger charge is 2.41. The topological polar surface area (TPSA) is 32.3 Å². The molecule has 0 bridgehead atoms. The summed E-state index contributed by atoms with van der Waals surface area (Å²) in [5.74, 6) is 1.44. The molecule has 0 aromatic rings. The van der Waals surface area contributed by atoms with Crippen LogP contribution in [0.3, 0.4) is 0 Å². The van der Waals surface area contributed by atoms with E-state index in [0.717, 1.165) is 25.4 Å². The Labute approximate surface area is 87.1 Å². The second-order valence-electron chi connectivity index (χ2n) is 5.17. The second kappa shape index (κ2) is 4.19. The molecule has 1 aliphatic heterocycles. The smallest absolute Gasteiger partial charge is 0.0811 e. The van der Waals surface area contributed by atoms with Crippen molar-refractivity contribution in [1.29, 1.82) is 0 Å². The number of hydrogen-bond donors (Lipinski definition) is 2. The second-order valence-corrected chi connectivity index (χ2v) is 5.17. The van der Waals surface area contributed by atoms with E-state index in [2.05, 4.69) is 12.2 Å². The minimum absolute atomic E-state index is 0.367. The molecule has 2 aliphatic rings. The lowest BCUT2D eigenvalue weighted by Gasteiger charge is -2.38. The van der Waals surface area contributed by atoms with E-state index in [1.807, 2.05) is 0 Å². The largest absolute Gasteiger partial charge is 0.388 e. The van der Waals surface area contributed by atoms with E-state index in [-0.39, 0.29) is 5.60 Å². The Balaban J connectivity index is 1.96. The lowest BCUT2D eigenvalue weighted by Crippen LogP contribution is -2.42. The van der Waals surface area contributed by atoms with Gasteiger partial charge in [0.25, 0.3) is 0 Å². The Kier molecular flexibility index (Phi) is 3.13. The SMILES string of the molecule is CCC1CCCC(C2(O)CCNC2)C1. The summed E-state index contributed by atoms with van der Waals surface area (Å²) in [7, 11) is 0. The van der Waals surface area contributed by atoms with Gasteiger partial charge in [-0.05, 0) is 37.6 Å². The first-order valence-electron chi connectivity index (χ1n) is 6.17. The van der Waals surface area contributed by atoms with Crippen molar-refractivity contribution in [3.63, 3.8) is 0 Å². The molecule has 0 aromatic heterocycles. The van der Waals surface area contributed by atoms with Crippen molar-refractivity contribution in [2.45, 2.75) is 51.0 Å². The summed E-state index contributed by atoms with van der Waals surface area (Å²) in [6.07, 6.45) is 7.47. The minimum atomic E-state index is -0.367. The standard InChI is InChI=1S/C12H23NO/c1-2-10-4-3-5-11(8-10)12(14)6-7-13-9-12/h10-11,13-14H,2-9H2,1H3. The van der Waals surface area contributed by atoms with Crippen LogP contribution in [0.4, 0.5) is 0 Å². The molecule has 2 heteroatoms. The van der Waals surface area contributed by atoms with Gasteiger partial charge in [-0.25, -0.2) is 0 Å². The molecule has 1 saturated carbocycles. The van der Waals surface area contributed by atoms with Crippen molar-refractivity contribution in [1.82, 2.24) is 5.32 Å². The zero-order valence-corrected chi connectivity index (χ0v) is 9.26. The van der Waals surface area contributed by atoms with Crippen molar-refractivity contribution in [3.8, 4) is 0 Å². The van der Waals surface area contributed by atoms with E-state index in [1.165, 1.54) is 32.1 Å². The van der Waals surface area contributed by atoms with E-state index in [1.54, 1.807) is 0 Å². The quantitative estimate of drug-likeness (QED) is 0.709. The molecule has 2 rings (SSSR count). The maximum atomic E-state index is 10.5. The molecule has 82 valence electrons. The molecular weight excluding hydrogens is 174 g/mol. The summed E-state index contributed by atoms with van der Waals surface area (Å²) in [6, 6.07) is 0. The highest BCUT2D eigenvalue weighted by atomic mass is 16.3.